The van der Waals surface area contributed by atoms with E-state index in [0.717, 1.165) is 0 Å². The van der Waals surface area contributed by atoms with Crippen LogP contribution in [0.15, 0.2) is 18.2 Å². The highest BCUT2D eigenvalue weighted by Gasteiger charge is 2.26. The molecule has 0 aromatic heterocycles. The zero-order valence-electron chi connectivity index (χ0n) is 10.0. The molecule has 0 radical (unpaired) electrons. The monoisotopic (exact) mass is 278 g/mol. The van der Waals surface area contributed by atoms with E-state index in [1.165, 1.54) is 25.3 Å². The maximum Gasteiger partial charge on any atom is 0.401 e. The Kier molecular flexibility index (Phi) is 4.99. The molecule has 0 saturated carbocycles. The number of halogens is 3. The number of methoxy groups -OCH3 is 1. The molecule has 3 N–H and O–H groups in total. The summed E-state index contributed by atoms with van der Waals surface area (Å²) in [6.07, 6.45) is -4.38. The van der Waals surface area contributed by atoms with Gasteiger partial charge in [0, 0.05) is 6.07 Å². The fourth-order valence-electron chi connectivity index (χ4n) is 1.25. The van der Waals surface area contributed by atoms with Gasteiger partial charge in [-0.05, 0) is 12.1 Å². The van der Waals surface area contributed by atoms with Crippen molar-refractivity contribution in [3.63, 3.8) is 0 Å². The fourth-order valence-corrected chi connectivity index (χ4v) is 1.25. The van der Waals surface area contributed by atoms with Gasteiger partial charge in [0.25, 0.3) is 0 Å². The van der Waals surface area contributed by atoms with Gasteiger partial charge in [0.1, 0.15) is 11.5 Å². The molecule has 1 amide bonds. The van der Waals surface area contributed by atoms with Gasteiger partial charge in [-0.2, -0.15) is 13.2 Å². The molecule has 1 aromatic rings. The minimum Gasteiger partial charge on any atom is -0.506 e. The van der Waals surface area contributed by atoms with Crippen LogP contribution < -0.4 is 15.4 Å². The first kappa shape index (κ1) is 15.1. The molecule has 0 spiro atoms. The smallest absolute Gasteiger partial charge is 0.401 e. The average molecular weight is 278 g/mol. The normalized spacial score (nSPS) is 11.2. The number of carbonyl (C=O) groups excluding carboxylic acids is 1. The first-order valence-corrected chi connectivity index (χ1v) is 5.26. The molecule has 8 heteroatoms. The summed E-state index contributed by atoms with van der Waals surface area (Å²) in [5, 5.41) is 13.7. The summed E-state index contributed by atoms with van der Waals surface area (Å²) in [6, 6.07) is 4.14. The highest BCUT2D eigenvalue weighted by atomic mass is 19.4. The Morgan fingerprint density at radius 3 is 2.68 bits per heavy atom. The fraction of sp³-hybridized carbons (Fsp3) is 0.364. The van der Waals surface area contributed by atoms with Crippen LogP contribution in [-0.4, -0.2) is 37.4 Å². The van der Waals surface area contributed by atoms with E-state index < -0.39 is 25.2 Å². The molecule has 0 heterocycles. The number of rotatable bonds is 5. The van der Waals surface area contributed by atoms with Crippen molar-refractivity contribution in [2.75, 3.05) is 25.5 Å². The maximum atomic E-state index is 11.8. The number of aromatic hydroxyl groups is 1. The number of phenols is 1. The van der Waals surface area contributed by atoms with Gasteiger partial charge in [0.15, 0.2) is 0 Å². The van der Waals surface area contributed by atoms with Gasteiger partial charge >= 0.3 is 6.18 Å². The average Bonchev–Trinajstić information content (AvgIpc) is 2.30. The number of phenolic OH excluding ortho intramolecular Hbond substituents is 1. The molecule has 1 rings (SSSR count). The lowest BCUT2D eigenvalue weighted by Gasteiger charge is -2.10. The predicted molar refractivity (Wildman–Crippen MR) is 62.2 cm³/mol. The van der Waals surface area contributed by atoms with E-state index in [1.54, 1.807) is 0 Å². The number of benzene rings is 1. The molecule has 0 fully saturated rings. The molecule has 0 aliphatic carbocycles. The second-order valence-electron chi connectivity index (χ2n) is 3.65. The molecular formula is C11H13F3N2O3. The van der Waals surface area contributed by atoms with E-state index in [9.17, 15) is 23.1 Å². The van der Waals surface area contributed by atoms with Crippen molar-refractivity contribution in [1.82, 2.24) is 5.32 Å². The Morgan fingerprint density at radius 2 is 2.11 bits per heavy atom. The van der Waals surface area contributed by atoms with Crippen LogP contribution in [0.25, 0.3) is 0 Å². The minimum atomic E-state index is -4.38. The van der Waals surface area contributed by atoms with Crippen LogP contribution in [-0.2, 0) is 4.79 Å². The molecule has 0 saturated heterocycles. The van der Waals surface area contributed by atoms with Crippen molar-refractivity contribution in [2.45, 2.75) is 6.18 Å². The zero-order valence-corrected chi connectivity index (χ0v) is 10.0. The van der Waals surface area contributed by atoms with Gasteiger partial charge in [0.05, 0.1) is 25.9 Å². The maximum absolute atomic E-state index is 11.8. The Labute approximate surface area is 107 Å². The van der Waals surface area contributed by atoms with E-state index in [-0.39, 0.29) is 11.4 Å². The van der Waals surface area contributed by atoms with Crippen molar-refractivity contribution in [3.8, 4) is 11.5 Å². The summed E-state index contributed by atoms with van der Waals surface area (Å²) in [6.45, 7) is -1.78. The van der Waals surface area contributed by atoms with Crippen molar-refractivity contribution >= 4 is 11.6 Å². The largest absolute Gasteiger partial charge is 0.506 e. The van der Waals surface area contributed by atoms with Crippen LogP contribution in [0.1, 0.15) is 0 Å². The van der Waals surface area contributed by atoms with Gasteiger partial charge in [-0.3, -0.25) is 4.79 Å². The van der Waals surface area contributed by atoms with E-state index in [1.807, 2.05) is 5.32 Å². The van der Waals surface area contributed by atoms with Gasteiger partial charge in [-0.25, -0.2) is 0 Å². The molecule has 1 aromatic carbocycles. The topological polar surface area (TPSA) is 70.6 Å². The standard InChI is InChI=1S/C11H13F3N2O3/c1-19-7-2-3-9(17)8(4-7)16-10(18)5-15-6-11(12,13)14/h2-4,15,17H,5-6H2,1H3,(H,16,18). The first-order chi connectivity index (χ1) is 8.81. The number of amides is 1. The summed E-state index contributed by atoms with van der Waals surface area (Å²) in [7, 11) is 1.41. The summed E-state index contributed by atoms with van der Waals surface area (Å²) >= 11 is 0. The van der Waals surface area contributed by atoms with Crippen LogP contribution in [0.5, 0.6) is 11.5 Å². The second-order valence-corrected chi connectivity index (χ2v) is 3.65. The van der Waals surface area contributed by atoms with E-state index >= 15 is 0 Å². The second kappa shape index (κ2) is 6.28. The van der Waals surface area contributed by atoms with Gasteiger partial charge in [0.2, 0.25) is 5.91 Å². The Morgan fingerprint density at radius 1 is 1.42 bits per heavy atom. The predicted octanol–water partition coefficient (Wildman–Crippen LogP) is 1.49. The number of hydrogen-bond acceptors (Lipinski definition) is 4. The highest BCUT2D eigenvalue weighted by Crippen LogP contribution is 2.27. The molecule has 0 unspecified atom stereocenters. The third-order valence-electron chi connectivity index (χ3n) is 2.09. The molecule has 0 atom stereocenters. The molecule has 0 bridgehead atoms. The third kappa shape index (κ3) is 5.47. The van der Waals surface area contributed by atoms with Crippen LogP contribution in [0.4, 0.5) is 18.9 Å². The Hall–Kier alpha value is -1.96. The lowest BCUT2D eigenvalue weighted by molar-refractivity contribution is -0.126. The zero-order chi connectivity index (χ0) is 14.5. The number of nitrogens with one attached hydrogen (secondary N) is 2. The van der Waals surface area contributed by atoms with Crippen LogP contribution >= 0.6 is 0 Å². The Balaban J connectivity index is 2.52. The van der Waals surface area contributed by atoms with Gasteiger partial charge < -0.3 is 20.5 Å². The molecule has 106 valence electrons. The van der Waals surface area contributed by atoms with E-state index in [4.69, 9.17) is 4.74 Å². The van der Waals surface area contributed by atoms with Crippen LogP contribution in [0.2, 0.25) is 0 Å². The molecule has 0 aliphatic rings. The number of alkyl halides is 3. The third-order valence-corrected chi connectivity index (χ3v) is 2.09. The number of anilines is 1. The lowest BCUT2D eigenvalue weighted by Crippen LogP contribution is -2.35. The van der Waals surface area contributed by atoms with Crippen molar-refractivity contribution < 1.29 is 27.8 Å². The van der Waals surface area contributed by atoms with Gasteiger partial charge in [-0.15, -0.1) is 0 Å². The summed E-state index contributed by atoms with van der Waals surface area (Å²) in [4.78, 5) is 11.4. The van der Waals surface area contributed by atoms with Crippen LogP contribution in [0, 0.1) is 0 Å². The molecule has 19 heavy (non-hydrogen) atoms. The summed E-state index contributed by atoms with van der Waals surface area (Å²) in [5.74, 6) is -0.505. The Bertz CT molecular complexity index is 449. The number of ether oxygens (including phenoxy) is 1. The van der Waals surface area contributed by atoms with Gasteiger partial charge in [-0.1, -0.05) is 0 Å². The summed E-state index contributed by atoms with van der Waals surface area (Å²) in [5.41, 5.74) is 0.0677. The SMILES string of the molecule is COc1ccc(O)c(NC(=O)CNCC(F)(F)F)c1. The number of carbonyl (C=O) groups is 1. The quantitative estimate of drug-likeness (QED) is 0.714. The molecular weight excluding hydrogens is 265 g/mol. The van der Waals surface area contributed by atoms with E-state index in [0.29, 0.717) is 5.75 Å². The summed E-state index contributed by atoms with van der Waals surface area (Å²) < 4.78 is 40.4. The molecule has 5 nitrogen and oxygen atoms in total. The van der Waals surface area contributed by atoms with Crippen molar-refractivity contribution in [2.24, 2.45) is 0 Å². The molecule has 0 aliphatic heterocycles. The van der Waals surface area contributed by atoms with Crippen molar-refractivity contribution in [3.05, 3.63) is 18.2 Å². The first-order valence-electron chi connectivity index (χ1n) is 5.26. The highest BCUT2D eigenvalue weighted by molar-refractivity contribution is 5.93. The minimum absolute atomic E-state index is 0.0677. The van der Waals surface area contributed by atoms with Crippen molar-refractivity contribution in [1.29, 1.82) is 0 Å². The van der Waals surface area contributed by atoms with Crippen LogP contribution in [0.3, 0.4) is 0 Å². The number of hydrogen-bond donors (Lipinski definition) is 3. The van der Waals surface area contributed by atoms with E-state index in [2.05, 4.69) is 5.32 Å². The lowest BCUT2D eigenvalue weighted by atomic mass is 10.2.